The Bertz CT molecular complexity index is 1180. The third-order valence-electron chi connectivity index (χ3n) is 5.22. The first-order valence-corrected chi connectivity index (χ1v) is 10.3. The summed E-state index contributed by atoms with van der Waals surface area (Å²) in [5.74, 6) is 1.48. The number of amides is 1. The van der Waals surface area contributed by atoms with Gasteiger partial charge < -0.3 is 14.3 Å². The molecule has 0 bridgehead atoms. The van der Waals surface area contributed by atoms with Gasteiger partial charge in [-0.15, -0.1) is 0 Å². The fraction of sp³-hybridized carbons (Fsp3) is 0.238. The molecule has 1 aliphatic rings. The van der Waals surface area contributed by atoms with Crippen LogP contribution in [0.5, 0.6) is 0 Å². The predicted molar refractivity (Wildman–Crippen MR) is 118 cm³/mol. The highest BCUT2D eigenvalue weighted by atomic mass is 35.5. The van der Waals surface area contributed by atoms with Gasteiger partial charge in [-0.05, 0) is 30.3 Å². The zero-order chi connectivity index (χ0) is 21.2. The number of oxazole rings is 1. The van der Waals surface area contributed by atoms with E-state index in [1.54, 1.807) is 6.20 Å². The molecule has 2 N–H and O–H groups in total. The number of hydrogen-bond donors (Lipinski definition) is 2. The van der Waals surface area contributed by atoms with Gasteiger partial charge in [0.2, 0.25) is 5.91 Å². The molecule has 10 heteroatoms. The lowest BCUT2D eigenvalue weighted by Gasteiger charge is -2.34. The van der Waals surface area contributed by atoms with Crippen LogP contribution in [0, 0.1) is 0 Å². The van der Waals surface area contributed by atoms with Gasteiger partial charge in [-0.3, -0.25) is 15.0 Å². The summed E-state index contributed by atoms with van der Waals surface area (Å²) < 4.78 is 5.05. The van der Waals surface area contributed by atoms with Crippen LogP contribution in [0.25, 0.3) is 22.4 Å². The average Bonchev–Trinajstić information content (AvgIpc) is 3.44. The van der Waals surface area contributed by atoms with Gasteiger partial charge in [0.05, 0.1) is 18.3 Å². The maximum Gasteiger partial charge on any atom is 0.301 e. The number of rotatable bonds is 5. The van der Waals surface area contributed by atoms with Gasteiger partial charge in [-0.2, -0.15) is 0 Å². The van der Waals surface area contributed by atoms with Crippen molar-refractivity contribution in [2.75, 3.05) is 42.9 Å². The summed E-state index contributed by atoms with van der Waals surface area (Å²) in [5.41, 5.74) is 2.73. The Kier molecular flexibility index (Phi) is 5.27. The molecule has 0 saturated carbocycles. The monoisotopic (exact) mass is 437 g/mol. The highest BCUT2D eigenvalue weighted by molar-refractivity contribution is 6.30. The second kappa shape index (κ2) is 8.37. The molecule has 0 spiro atoms. The lowest BCUT2D eigenvalue weighted by molar-refractivity contribution is -0.117. The van der Waals surface area contributed by atoms with Crippen LogP contribution in [0.15, 0.2) is 53.4 Å². The quantitative estimate of drug-likeness (QED) is 0.494. The number of benzene rings is 1. The summed E-state index contributed by atoms with van der Waals surface area (Å²) in [6, 6.07) is 9.72. The lowest BCUT2D eigenvalue weighted by Crippen LogP contribution is -2.49. The van der Waals surface area contributed by atoms with Crippen LogP contribution in [0.3, 0.4) is 0 Å². The minimum Gasteiger partial charge on any atom is -0.432 e. The minimum absolute atomic E-state index is 0.143. The SMILES string of the molecule is O=C(CN1CCN(c2nccc3[nH]c(-c4ccc(Cl)cc4)nc23)CC1)Nc1ncco1. The number of anilines is 2. The van der Waals surface area contributed by atoms with Gasteiger partial charge in [0.1, 0.15) is 17.6 Å². The van der Waals surface area contributed by atoms with E-state index in [1.165, 1.54) is 12.5 Å². The number of halogens is 1. The Labute approximate surface area is 183 Å². The second-order valence-corrected chi connectivity index (χ2v) is 7.71. The van der Waals surface area contributed by atoms with Crippen LogP contribution in [0.2, 0.25) is 5.02 Å². The Morgan fingerprint density at radius 2 is 1.90 bits per heavy atom. The third kappa shape index (κ3) is 4.23. The molecule has 3 aromatic heterocycles. The third-order valence-corrected chi connectivity index (χ3v) is 5.47. The van der Waals surface area contributed by atoms with E-state index in [0.29, 0.717) is 5.02 Å². The zero-order valence-electron chi connectivity index (χ0n) is 16.6. The van der Waals surface area contributed by atoms with Crippen molar-refractivity contribution in [1.82, 2.24) is 24.8 Å². The van der Waals surface area contributed by atoms with Crippen LogP contribution >= 0.6 is 11.6 Å². The normalized spacial score (nSPS) is 14.8. The second-order valence-electron chi connectivity index (χ2n) is 7.27. The summed E-state index contributed by atoms with van der Waals surface area (Å²) >= 11 is 6.00. The Hall–Kier alpha value is -3.43. The molecule has 4 heterocycles. The summed E-state index contributed by atoms with van der Waals surface area (Å²) in [4.78, 5) is 33.1. The van der Waals surface area contributed by atoms with Crippen molar-refractivity contribution in [3.8, 4) is 11.4 Å². The zero-order valence-corrected chi connectivity index (χ0v) is 17.3. The summed E-state index contributed by atoms with van der Waals surface area (Å²) in [5, 5.41) is 3.34. The van der Waals surface area contributed by atoms with Crippen LogP contribution in [0.4, 0.5) is 11.8 Å². The lowest BCUT2D eigenvalue weighted by atomic mass is 10.2. The van der Waals surface area contributed by atoms with E-state index < -0.39 is 0 Å². The topological polar surface area (TPSA) is 103 Å². The highest BCUT2D eigenvalue weighted by Crippen LogP contribution is 2.27. The van der Waals surface area contributed by atoms with E-state index in [9.17, 15) is 4.79 Å². The molecular weight excluding hydrogens is 418 g/mol. The Morgan fingerprint density at radius 3 is 2.65 bits per heavy atom. The molecule has 1 amide bonds. The van der Waals surface area contributed by atoms with Gasteiger partial charge in [-0.1, -0.05) is 11.6 Å². The van der Waals surface area contributed by atoms with Crippen molar-refractivity contribution in [3.63, 3.8) is 0 Å². The first-order chi connectivity index (χ1) is 15.2. The van der Waals surface area contributed by atoms with Gasteiger partial charge in [0.15, 0.2) is 5.82 Å². The fourth-order valence-electron chi connectivity index (χ4n) is 3.66. The van der Waals surface area contributed by atoms with E-state index in [4.69, 9.17) is 21.0 Å². The molecule has 0 aliphatic carbocycles. The smallest absolute Gasteiger partial charge is 0.301 e. The minimum atomic E-state index is -0.143. The molecule has 5 rings (SSSR count). The molecule has 158 valence electrons. The molecule has 1 aromatic carbocycles. The number of H-pyrrole nitrogens is 1. The van der Waals surface area contributed by atoms with Crippen LogP contribution in [0.1, 0.15) is 0 Å². The number of carbonyl (C=O) groups is 1. The van der Waals surface area contributed by atoms with E-state index in [-0.39, 0.29) is 18.5 Å². The van der Waals surface area contributed by atoms with Gasteiger partial charge >= 0.3 is 6.01 Å². The molecule has 0 radical (unpaired) electrons. The molecule has 1 aliphatic heterocycles. The Balaban J connectivity index is 1.27. The average molecular weight is 438 g/mol. The van der Waals surface area contributed by atoms with Crippen LogP contribution in [-0.4, -0.2) is 63.5 Å². The number of pyridine rings is 1. The van der Waals surface area contributed by atoms with Crippen molar-refractivity contribution in [2.45, 2.75) is 0 Å². The predicted octanol–water partition coefficient (Wildman–Crippen LogP) is 3.03. The van der Waals surface area contributed by atoms with Gasteiger partial charge in [-0.25, -0.2) is 15.0 Å². The number of imidazole rings is 1. The molecule has 0 unspecified atom stereocenters. The number of nitrogens with zero attached hydrogens (tertiary/aromatic N) is 5. The standard InChI is InChI=1S/C21H20ClN7O2/c22-15-3-1-14(2-4-15)19-25-16-5-6-23-20(18(16)27-19)29-10-8-28(9-11-29)13-17(30)26-21-24-7-12-31-21/h1-7,12H,8-11,13H2,(H,25,27)(H,24,26,30). The van der Waals surface area contributed by atoms with Gasteiger partial charge in [0, 0.05) is 43.0 Å². The number of aromatic amines is 1. The largest absolute Gasteiger partial charge is 0.432 e. The molecule has 9 nitrogen and oxygen atoms in total. The van der Waals surface area contributed by atoms with E-state index in [2.05, 4.69) is 30.1 Å². The number of carbonyl (C=O) groups excluding carboxylic acids is 1. The van der Waals surface area contributed by atoms with E-state index in [0.717, 1.165) is 54.4 Å². The molecule has 31 heavy (non-hydrogen) atoms. The van der Waals surface area contributed by atoms with Crippen molar-refractivity contribution >= 4 is 40.4 Å². The number of fused-ring (bicyclic) bond motifs is 1. The summed E-state index contributed by atoms with van der Waals surface area (Å²) in [6.45, 7) is 3.27. The first-order valence-electron chi connectivity index (χ1n) is 9.93. The maximum atomic E-state index is 12.2. The van der Waals surface area contributed by atoms with Crippen LogP contribution < -0.4 is 10.2 Å². The molecule has 1 saturated heterocycles. The molecule has 4 aromatic rings. The first kappa shape index (κ1) is 19.5. The Morgan fingerprint density at radius 1 is 1.10 bits per heavy atom. The van der Waals surface area contributed by atoms with Crippen molar-refractivity contribution in [1.29, 1.82) is 0 Å². The van der Waals surface area contributed by atoms with Gasteiger partial charge in [0.25, 0.3) is 0 Å². The number of aromatic nitrogens is 4. The fourth-order valence-corrected chi connectivity index (χ4v) is 3.79. The van der Waals surface area contributed by atoms with E-state index in [1.807, 2.05) is 30.3 Å². The highest BCUT2D eigenvalue weighted by Gasteiger charge is 2.23. The number of piperazine rings is 1. The summed E-state index contributed by atoms with van der Waals surface area (Å²) in [7, 11) is 0. The maximum absolute atomic E-state index is 12.2. The van der Waals surface area contributed by atoms with Crippen molar-refractivity contribution in [2.24, 2.45) is 0 Å². The van der Waals surface area contributed by atoms with Crippen LogP contribution in [-0.2, 0) is 4.79 Å². The van der Waals surface area contributed by atoms with Crippen molar-refractivity contribution < 1.29 is 9.21 Å². The number of nitrogens with one attached hydrogen (secondary N) is 2. The molecule has 1 fully saturated rings. The molecule has 0 atom stereocenters. The van der Waals surface area contributed by atoms with Crippen molar-refractivity contribution in [3.05, 3.63) is 54.0 Å². The molecular formula is C21H20ClN7O2. The number of hydrogen-bond acceptors (Lipinski definition) is 7. The summed E-state index contributed by atoms with van der Waals surface area (Å²) in [6.07, 6.45) is 4.71. The van der Waals surface area contributed by atoms with E-state index >= 15 is 0 Å².